The van der Waals surface area contributed by atoms with Crippen LogP contribution in [-0.4, -0.2) is 7.11 Å². The van der Waals surface area contributed by atoms with Crippen molar-refractivity contribution in [1.82, 2.24) is 0 Å². The van der Waals surface area contributed by atoms with Crippen molar-refractivity contribution in [3.8, 4) is 17.6 Å². The average molecular weight is 238 g/mol. The van der Waals surface area contributed by atoms with Crippen molar-refractivity contribution in [1.29, 1.82) is 0 Å². The molecule has 0 N–H and O–H groups in total. The molecule has 0 aromatic heterocycles. The molecule has 0 saturated heterocycles. The zero-order valence-corrected chi connectivity index (χ0v) is 11.2. The highest BCUT2D eigenvalue weighted by Crippen LogP contribution is 2.26. The van der Waals surface area contributed by atoms with E-state index < -0.39 is 0 Å². The van der Waals surface area contributed by atoms with Gasteiger partial charge in [-0.05, 0) is 36.2 Å². The third-order valence-electron chi connectivity index (χ3n) is 2.91. The molecule has 0 aliphatic carbocycles. The van der Waals surface area contributed by atoms with Gasteiger partial charge in [-0.3, -0.25) is 0 Å². The first-order valence-electron chi connectivity index (χ1n) is 6.32. The largest absolute Gasteiger partial charge is 0.495 e. The molecule has 0 aliphatic rings. The molecule has 0 atom stereocenters. The van der Waals surface area contributed by atoms with E-state index in [2.05, 4.69) is 56.0 Å². The van der Waals surface area contributed by atoms with Crippen molar-refractivity contribution >= 4 is 10.8 Å². The van der Waals surface area contributed by atoms with Crippen LogP contribution in [-0.2, 0) is 0 Å². The number of fused-ring (bicyclic) bond motifs is 1. The van der Waals surface area contributed by atoms with Crippen LogP contribution in [0, 0.1) is 18.8 Å². The summed E-state index contributed by atoms with van der Waals surface area (Å²) in [5, 5.41) is 2.41. The molecule has 92 valence electrons. The van der Waals surface area contributed by atoms with Crippen molar-refractivity contribution in [3.63, 3.8) is 0 Å². The van der Waals surface area contributed by atoms with Crippen LogP contribution >= 0.6 is 0 Å². The Kier molecular flexibility index (Phi) is 3.89. The molecule has 2 aromatic rings. The van der Waals surface area contributed by atoms with Crippen molar-refractivity contribution in [2.24, 2.45) is 0 Å². The Morgan fingerprint density at radius 3 is 2.67 bits per heavy atom. The number of methoxy groups -OCH3 is 1. The number of rotatable bonds is 2. The summed E-state index contributed by atoms with van der Waals surface area (Å²) in [5.41, 5.74) is 2.24. The van der Waals surface area contributed by atoms with E-state index in [9.17, 15) is 0 Å². The van der Waals surface area contributed by atoms with Crippen molar-refractivity contribution in [2.45, 2.75) is 26.7 Å². The lowest BCUT2D eigenvalue weighted by Crippen LogP contribution is -1.89. The molecule has 0 fully saturated rings. The Morgan fingerprint density at radius 1 is 1.11 bits per heavy atom. The molecule has 1 nitrogen and oxygen atoms in total. The molecular weight excluding hydrogens is 220 g/mol. The normalized spacial score (nSPS) is 9.94. The molecule has 1 heteroatoms. The van der Waals surface area contributed by atoms with Crippen LogP contribution in [0.3, 0.4) is 0 Å². The minimum atomic E-state index is 0.856. The molecule has 2 rings (SSSR count). The van der Waals surface area contributed by atoms with Crippen molar-refractivity contribution in [2.75, 3.05) is 7.11 Å². The molecule has 0 unspecified atom stereocenters. The fourth-order valence-corrected chi connectivity index (χ4v) is 1.95. The molecule has 2 aromatic carbocycles. The third-order valence-corrected chi connectivity index (χ3v) is 2.91. The van der Waals surface area contributed by atoms with Gasteiger partial charge >= 0.3 is 0 Å². The van der Waals surface area contributed by atoms with Gasteiger partial charge in [0.1, 0.15) is 5.75 Å². The Morgan fingerprint density at radius 2 is 1.94 bits per heavy atom. The SMILES string of the molecule is CCCC#Cc1cc2cc(C)ccc2cc1OC. The standard InChI is InChI=1S/C17H18O/c1-4-5-6-7-15-11-16-10-13(2)8-9-14(16)12-17(15)18-3/h8-12H,4-5H2,1-3H3. The first-order chi connectivity index (χ1) is 8.74. The molecule has 0 amide bonds. The van der Waals surface area contributed by atoms with Crippen molar-refractivity contribution < 1.29 is 4.74 Å². The molecule has 0 heterocycles. The van der Waals surface area contributed by atoms with Gasteiger partial charge in [-0.15, -0.1) is 0 Å². The van der Waals surface area contributed by atoms with E-state index in [1.54, 1.807) is 7.11 Å². The van der Waals surface area contributed by atoms with E-state index in [0.717, 1.165) is 24.2 Å². The van der Waals surface area contributed by atoms with E-state index in [1.165, 1.54) is 16.3 Å². The fraction of sp³-hybridized carbons (Fsp3) is 0.294. The smallest absolute Gasteiger partial charge is 0.135 e. The highest BCUT2D eigenvalue weighted by molar-refractivity contribution is 5.86. The molecular formula is C17H18O. The van der Waals surface area contributed by atoms with Gasteiger partial charge in [0.2, 0.25) is 0 Å². The predicted molar refractivity (Wildman–Crippen MR) is 77.0 cm³/mol. The van der Waals surface area contributed by atoms with Crippen LogP contribution in [0.15, 0.2) is 30.3 Å². The van der Waals surface area contributed by atoms with Gasteiger partial charge in [-0.2, -0.15) is 0 Å². The van der Waals surface area contributed by atoms with Crippen LogP contribution in [0.25, 0.3) is 10.8 Å². The number of hydrogen-bond acceptors (Lipinski definition) is 1. The van der Waals surface area contributed by atoms with Crippen LogP contribution < -0.4 is 4.74 Å². The number of hydrogen-bond donors (Lipinski definition) is 0. The topological polar surface area (TPSA) is 9.23 Å². The molecule has 0 saturated carbocycles. The fourth-order valence-electron chi connectivity index (χ4n) is 1.95. The molecule has 0 spiro atoms. The summed E-state index contributed by atoms with van der Waals surface area (Å²) in [5.74, 6) is 7.23. The van der Waals surface area contributed by atoms with E-state index in [1.807, 2.05) is 0 Å². The summed E-state index contributed by atoms with van der Waals surface area (Å²) >= 11 is 0. The second kappa shape index (κ2) is 5.60. The quantitative estimate of drug-likeness (QED) is 0.708. The van der Waals surface area contributed by atoms with Gasteiger partial charge < -0.3 is 4.74 Å². The molecule has 0 bridgehead atoms. The average Bonchev–Trinajstić information content (AvgIpc) is 2.38. The van der Waals surface area contributed by atoms with Crippen LogP contribution in [0.4, 0.5) is 0 Å². The highest BCUT2D eigenvalue weighted by Gasteiger charge is 2.03. The van der Waals surface area contributed by atoms with E-state index in [4.69, 9.17) is 4.74 Å². The number of benzene rings is 2. The Labute approximate surface area is 109 Å². The molecule has 0 radical (unpaired) electrons. The van der Waals surface area contributed by atoms with Gasteiger partial charge in [0, 0.05) is 6.42 Å². The summed E-state index contributed by atoms with van der Waals surface area (Å²) in [6.45, 7) is 4.24. The predicted octanol–water partition coefficient (Wildman–Crippen LogP) is 4.31. The van der Waals surface area contributed by atoms with Gasteiger partial charge in [-0.25, -0.2) is 0 Å². The summed E-state index contributed by atoms with van der Waals surface area (Å²) in [6, 6.07) is 10.6. The van der Waals surface area contributed by atoms with Gasteiger partial charge in [0.15, 0.2) is 0 Å². The maximum absolute atomic E-state index is 5.41. The van der Waals surface area contributed by atoms with E-state index >= 15 is 0 Å². The maximum atomic E-state index is 5.41. The van der Waals surface area contributed by atoms with E-state index in [0.29, 0.717) is 0 Å². The summed E-state index contributed by atoms with van der Waals surface area (Å²) in [4.78, 5) is 0. The van der Waals surface area contributed by atoms with Crippen molar-refractivity contribution in [3.05, 3.63) is 41.5 Å². The Hall–Kier alpha value is -1.94. The zero-order chi connectivity index (χ0) is 13.0. The second-order valence-corrected chi connectivity index (χ2v) is 4.45. The molecule has 0 aliphatic heterocycles. The lowest BCUT2D eigenvalue weighted by atomic mass is 10.0. The number of unbranched alkanes of at least 4 members (excludes halogenated alkanes) is 1. The third kappa shape index (κ3) is 2.65. The first kappa shape index (κ1) is 12.5. The minimum Gasteiger partial charge on any atom is -0.495 e. The van der Waals surface area contributed by atoms with Gasteiger partial charge in [0.25, 0.3) is 0 Å². The number of aryl methyl sites for hydroxylation is 1. The zero-order valence-electron chi connectivity index (χ0n) is 11.2. The summed E-state index contributed by atoms with van der Waals surface area (Å²) in [6.07, 6.45) is 2.01. The Bertz CT molecular complexity index is 615. The lowest BCUT2D eigenvalue weighted by molar-refractivity contribution is 0.414. The van der Waals surface area contributed by atoms with Crippen LogP contribution in [0.1, 0.15) is 30.9 Å². The Balaban J connectivity index is 2.54. The van der Waals surface area contributed by atoms with Crippen LogP contribution in [0.5, 0.6) is 5.75 Å². The monoisotopic (exact) mass is 238 g/mol. The van der Waals surface area contributed by atoms with Gasteiger partial charge in [-0.1, -0.05) is 42.5 Å². The molecule has 18 heavy (non-hydrogen) atoms. The first-order valence-corrected chi connectivity index (χ1v) is 6.32. The summed E-state index contributed by atoms with van der Waals surface area (Å²) < 4.78 is 5.41. The lowest BCUT2D eigenvalue weighted by Gasteiger charge is -2.06. The minimum absolute atomic E-state index is 0.856. The highest BCUT2D eigenvalue weighted by atomic mass is 16.5. The van der Waals surface area contributed by atoms with Gasteiger partial charge in [0.05, 0.1) is 12.7 Å². The van der Waals surface area contributed by atoms with Crippen LogP contribution in [0.2, 0.25) is 0 Å². The second-order valence-electron chi connectivity index (χ2n) is 4.45. The summed E-state index contributed by atoms with van der Waals surface area (Å²) in [7, 11) is 1.69. The maximum Gasteiger partial charge on any atom is 0.135 e. The number of ether oxygens (including phenoxy) is 1. The van der Waals surface area contributed by atoms with E-state index in [-0.39, 0.29) is 0 Å².